The SMILES string of the molecule is CCC1(C(=O)O)CCN(c2cc(C)cc3ncnn23)C1. The van der Waals surface area contributed by atoms with Crippen LogP contribution in [0.4, 0.5) is 5.82 Å². The summed E-state index contributed by atoms with van der Waals surface area (Å²) in [6, 6.07) is 4.01. The molecule has 0 spiro atoms. The molecule has 0 aromatic carbocycles. The van der Waals surface area contributed by atoms with Crippen LogP contribution in [0.5, 0.6) is 0 Å². The summed E-state index contributed by atoms with van der Waals surface area (Å²) in [4.78, 5) is 17.9. The Bertz CT molecular complexity index is 666. The zero-order valence-electron chi connectivity index (χ0n) is 11.7. The fraction of sp³-hybridized carbons (Fsp3) is 0.500. The molecule has 0 saturated carbocycles. The van der Waals surface area contributed by atoms with E-state index in [9.17, 15) is 9.90 Å². The molecule has 0 bridgehead atoms. The number of carboxylic acids is 1. The fourth-order valence-electron chi connectivity index (χ4n) is 2.94. The van der Waals surface area contributed by atoms with Gasteiger partial charge in [0.25, 0.3) is 0 Å². The van der Waals surface area contributed by atoms with Crippen LogP contribution in [0.15, 0.2) is 18.5 Å². The monoisotopic (exact) mass is 274 g/mol. The van der Waals surface area contributed by atoms with Crippen molar-refractivity contribution in [3.05, 3.63) is 24.0 Å². The van der Waals surface area contributed by atoms with Gasteiger partial charge in [0.1, 0.15) is 12.1 Å². The Kier molecular flexibility index (Phi) is 2.88. The van der Waals surface area contributed by atoms with Crippen molar-refractivity contribution in [1.29, 1.82) is 0 Å². The maximum absolute atomic E-state index is 11.6. The van der Waals surface area contributed by atoms with Gasteiger partial charge in [0.05, 0.1) is 5.41 Å². The molecule has 1 aliphatic heterocycles. The molecule has 3 rings (SSSR count). The van der Waals surface area contributed by atoms with E-state index in [4.69, 9.17) is 0 Å². The van der Waals surface area contributed by atoms with E-state index in [0.29, 0.717) is 19.4 Å². The molecule has 0 radical (unpaired) electrons. The number of carboxylic acid groups (broad SMARTS) is 1. The van der Waals surface area contributed by atoms with Crippen LogP contribution in [0.2, 0.25) is 0 Å². The van der Waals surface area contributed by atoms with Gasteiger partial charge in [0.2, 0.25) is 0 Å². The van der Waals surface area contributed by atoms with Crippen LogP contribution in [0, 0.1) is 12.3 Å². The number of aliphatic carboxylic acids is 1. The molecule has 106 valence electrons. The molecule has 0 aliphatic carbocycles. The van der Waals surface area contributed by atoms with Crippen LogP contribution in [0.25, 0.3) is 5.65 Å². The van der Waals surface area contributed by atoms with Crippen molar-refractivity contribution in [3.8, 4) is 0 Å². The number of anilines is 1. The van der Waals surface area contributed by atoms with Crippen molar-refractivity contribution in [2.45, 2.75) is 26.7 Å². The van der Waals surface area contributed by atoms with E-state index in [-0.39, 0.29) is 0 Å². The Morgan fingerprint density at radius 1 is 1.50 bits per heavy atom. The summed E-state index contributed by atoms with van der Waals surface area (Å²) >= 11 is 0. The minimum Gasteiger partial charge on any atom is -0.481 e. The van der Waals surface area contributed by atoms with Gasteiger partial charge in [-0.3, -0.25) is 4.79 Å². The standard InChI is InChI=1S/C14H18N4O2/c1-3-14(13(19)20)4-5-17(8-14)12-7-10(2)6-11-15-9-16-18(11)12/h6-7,9H,3-5,8H2,1-2H3,(H,19,20). The van der Waals surface area contributed by atoms with E-state index in [1.165, 1.54) is 6.33 Å². The van der Waals surface area contributed by atoms with E-state index >= 15 is 0 Å². The van der Waals surface area contributed by atoms with Gasteiger partial charge in [0, 0.05) is 13.1 Å². The summed E-state index contributed by atoms with van der Waals surface area (Å²) < 4.78 is 1.78. The fourth-order valence-corrected chi connectivity index (χ4v) is 2.94. The molecule has 0 amide bonds. The summed E-state index contributed by atoms with van der Waals surface area (Å²) in [6.07, 6.45) is 2.84. The minimum absolute atomic E-state index is 0.525. The third-order valence-corrected chi connectivity index (χ3v) is 4.31. The van der Waals surface area contributed by atoms with E-state index in [1.54, 1.807) is 4.52 Å². The molecule has 20 heavy (non-hydrogen) atoms. The number of nitrogens with zero attached hydrogens (tertiary/aromatic N) is 4. The van der Waals surface area contributed by atoms with E-state index < -0.39 is 11.4 Å². The second-order valence-electron chi connectivity index (χ2n) is 5.53. The largest absolute Gasteiger partial charge is 0.481 e. The lowest BCUT2D eigenvalue weighted by molar-refractivity contribution is -0.147. The maximum atomic E-state index is 11.6. The molecule has 2 aromatic rings. The molecule has 1 unspecified atom stereocenters. The zero-order valence-corrected chi connectivity index (χ0v) is 11.7. The molecule has 1 N–H and O–H groups in total. The Labute approximate surface area is 117 Å². The first-order valence-corrected chi connectivity index (χ1v) is 6.84. The predicted molar refractivity (Wildman–Crippen MR) is 74.9 cm³/mol. The van der Waals surface area contributed by atoms with Crippen molar-refractivity contribution < 1.29 is 9.90 Å². The zero-order chi connectivity index (χ0) is 14.3. The van der Waals surface area contributed by atoms with Crippen LogP contribution >= 0.6 is 0 Å². The van der Waals surface area contributed by atoms with Crippen molar-refractivity contribution in [2.75, 3.05) is 18.0 Å². The molecule has 3 heterocycles. The maximum Gasteiger partial charge on any atom is 0.311 e. The first-order chi connectivity index (χ1) is 9.55. The predicted octanol–water partition coefficient (Wildman–Crippen LogP) is 1.73. The number of carbonyl (C=O) groups is 1. The lowest BCUT2D eigenvalue weighted by atomic mass is 9.84. The van der Waals surface area contributed by atoms with Gasteiger partial charge < -0.3 is 10.0 Å². The Hall–Kier alpha value is -2.11. The van der Waals surface area contributed by atoms with E-state index in [2.05, 4.69) is 15.0 Å². The van der Waals surface area contributed by atoms with Gasteiger partial charge >= 0.3 is 5.97 Å². The molecule has 6 nitrogen and oxygen atoms in total. The molecule has 1 fully saturated rings. The van der Waals surface area contributed by atoms with Crippen LogP contribution in [0.1, 0.15) is 25.3 Å². The lowest BCUT2D eigenvalue weighted by Gasteiger charge is -2.24. The number of aryl methyl sites for hydroxylation is 1. The topological polar surface area (TPSA) is 70.7 Å². The summed E-state index contributed by atoms with van der Waals surface area (Å²) in [5, 5.41) is 13.7. The number of pyridine rings is 1. The number of fused-ring (bicyclic) bond motifs is 1. The summed E-state index contributed by atoms with van der Waals surface area (Å²) in [5.41, 5.74) is 1.26. The quantitative estimate of drug-likeness (QED) is 0.923. The van der Waals surface area contributed by atoms with Crippen LogP contribution < -0.4 is 4.90 Å². The van der Waals surface area contributed by atoms with Gasteiger partial charge in [-0.15, -0.1) is 0 Å². The van der Waals surface area contributed by atoms with E-state index in [1.807, 2.05) is 26.0 Å². The molecule has 2 aromatic heterocycles. The number of hydrogen-bond donors (Lipinski definition) is 1. The Morgan fingerprint density at radius 3 is 2.95 bits per heavy atom. The van der Waals surface area contributed by atoms with Crippen LogP contribution in [0.3, 0.4) is 0 Å². The number of rotatable bonds is 3. The molecular formula is C14H18N4O2. The second-order valence-corrected chi connectivity index (χ2v) is 5.53. The highest BCUT2D eigenvalue weighted by atomic mass is 16.4. The van der Waals surface area contributed by atoms with E-state index in [0.717, 1.165) is 23.6 Å². The molecule has 1 aliphatic rings. The van der Waals surface area contributed by atoms with Crippen LogP contribution in [-0.4, -0.2) is 38.8 Å². The van der Waals surface area contributed by atoms with Gasteiger partial charge in [-0.05, 0) is 37.5 Å². The van der Waals surface area contributed by atoms with Crippen molar-refractivity contribution >= 4 is 17.4 Å². The third-order valence-electron chi connectivity index (χ3n) is 4.31. The number of hydrogen-bond acceptors (Lipinski definition) is 4. The Morgan fingerprint density at radius 2 is 2.30 bits per heavy atom. The highest BCUT2D eigenvalue weighted by Crippen LogP contribution is 2.36. The third kappa shape index (κ3) is 1.83. The normalized spacial score (nSPS) is 22.6. The van der Waals surface area contributed by atoms with Gasteiger partial charge in [-0.2, -0.15) is 9.61 Å². The van der Waals surface area contributed by atoms with Gasteiger partial charge in [0.15, 0.2) is 5.65 Å². The summed E-state index contributed by atoms with van der Waals surface area (Å²) in [7, 11) is 0. The van der Waals surface area contributed by atoms with Crippen molar-refractivity contribution in [2.24, 2.45) is 5.41 Å². The number of aromatic nitrogens is 3. The highest BCUT2D eigenvalue weighted by molar-refractivity contribution is 5.76. The molecule has 6 heteroatoms. The summed E-state index contributed by atoms with van der Waals surface area (Å²) in [6.45, 7) is 5.22. The van der Waals surface area contributed by atoms with Crippen LogP contribution in [-0.2, 0) is 4.79 Å². The molecular weight excluding hydrogens is 256 g/mol. The second kappa shape index (κ2) is 4.47. The molecule has 1 atom stereocenters. The average molecular weight is 274 g/mol. The minimum atomic E-state index is -0.704. The smallest absolute Gasteiger partial charge is 0.311 e. The van der Waals surface area contributed by atoms with Crippen molar-refractivity contribution in [1.82, 2.24) is 14.6 Å². The van der Waals surface area contributed by atoms with Gasteiger partial charge in [-0.1, -0.05) is 6.92 Å². The van der Waals surface area contributed by atoms with Crippen molar-refractivity contribution in [3.63, 3.8) is 0 Å². The highest BCUT2D eigenvalue weighted by Gasteiger charge is 2.43. The average Bonchev–Trinajstić information content (AvgIpc) is 3.04. The summed E-state index contributed by atoms with van der Waals surface area (Å²) in [5.74, 6) is 0.221. The van der Waals surface area contributed by atoms with Gasteiger partial charge in [-0.25, -0.2) is 4.98 Å². The lowest BCUT2D eigenvalue weighted by Crippen LogP contribution is -2.34. The molecule has 1 saturated heterocycles. The Balaban J connectivity index is 2.01. The first-order valence-electron chi connectivity index (χ1n) is 6.84. The first kappa shape index (κ1) is 12.9.